The van der Waals surface area contributed by atoms with Gasteiger partial charge in [0.1, 0.15) is 0 Å². The minimum absolute atomic E-state index is 0. The summed E-state index contributed by atoms with van der Waals surface area (Å²) in [6.45, 7) is 3.89. The second kappa shape index (κ2) is 27.7. The zero-order valence-electron chi connectivity index (χ0n) is 14.0. The van der Waals surface area contributed by atoms with Crippen molar-refractivity contribution in [2.45, 2.75) is 13.8 Å². The Morgan fingerprint density at radius 2 is 0.923 bits per heavy atom. The molecule has 0 aliphatic rings. The predicted octanol–water partition coefficient (Wildman–Crippen LogP) is -0.0970. The fraction of sp³-hybridized carbons (Fsp3) is 0.143. The quantitative estimate of drug-likeness (QED) is 0.135. The molecule has 0 atom stereocenters. The van der Waals surface area contributed by atoms with Crippen LogP contribution < -0.4 is 9.46 Å². The van der Waals surface area contributed by atoms with Crippen molar-refractivity contribution in [1.29, 1.82) is 0 Å². The molecule has 0 aliphatic carbocycles. The van der Waals surface area contributed by atoms with E-state index in [1.54, 1.807) is 24.3 Å². The summed E-state index contributed by atoms with van der Waals surface area (Å²) in [6.07, 6.45) is 5.93. The van der Waals surface area contributed by atoms with Gasteiger partial charge in [0, 0.05) is 24.3 Å². The summed E-state index contributed by atoms with van der Waals surface area (Å²) in [5, 5.41) is 37.6. The minimum atomic E-state index is 0. The zero-order chi connectivity index (χ0) is 17.4. The number of hydrogen-bond donors (Lipinski definition) is 0. The maximum absolute atomic E-state index is 10.3. The van der Waals surface area contributed by atoms with E-state index in [2.05, 4.69) is 24.4 Å². The van der Waals surface area contributed by atoms with E-state index < -0.39 is 0 Å². The van der Waals surface area contributed by atoms with Crippen LogP contribution in [-0.4, -0.2) is 15.8 Å². The average molecular weight is 449 g/mol. The Kier molecular flexibility index (Phi) is 41.7. The van der Waals surface area contributed by atoms with Gasteiger partial charge in [-0.2, -0.15) is 19.8 Å². The van der Waals surface area contributed by atoms with E-state index in [0.717, 1.165) is 20.6 Å². The standard InChI is InChI=1S/2C6H7NO.2CNS.Ni.3H2O/c2*1-6-2-4-7(8)5-3-6;2*2-1-3;;;;/h2*2-5H,1H3;;;;3*1H2/q;;2*-1;+2;;;/p+2. The summed E-state index contributed by atoms with van der Waals surface area (Å²) in [6, 6.07) is 7.08. The van der Waals surface area contributed by atoms with Crippen LogP contribution in [0.25, 0.3) is 10.8 Å². The van der Waals surface area contributed by atoms with Gasteiger partial charge in [-0.25, -0.2) is 0 Å². The molecule has 9 nitrogen and oxygen atoms in total. The fourth-order valence-electron chi connectivity index (χ4n) is 0.975. The van der Waals surface area contributed by atoms with Gasteiger partial charge in [-0.05, 0) is 25.0 Å². The third kappa shape index (κ3) is 29.8. The molecule has 2 aromatic heterocycles. The number of thiocarbonyl (C=S) groups is 2. The van der Waals surface area contributed by atoms with Crippen LogP contribution in [0.2, 0.25) is 0 Å². The third-order valence-electron chi connectivity index (χ3n) is 1.94. The van der Waals surface area contributed by atoms with Crippen molar-refractivity contribution in [3.8, 4) is 0 Å². The van der Waals surface area contributed by atoms with E-state index in [-0.39, 0.29) is 32.9 Å². The number of pyridine rings is 2. The van der Waals surface area contributed by atoms with Crippen molar-refractivity contribution >= 4 is 34.8 Å². The van der Waals surface area contributed by atoms with Crippen molar-refractivity contribution < 1.29 is 42.4 Å². The van der Waals surface area contributed by atoms with E-state index in [9.17, 15) is 10.4 Å². The minimum Gasteiger partial charge on any atom is -0.753 e. The average Bonchev–Trinajstić information content (AvgIpc) is 2.48. The Balaban J connectivity index is -0.0000000531. The monoisotopic (exact) mass is 448 g/mol. The van der Waals surface area contributed by atoms with Crippen LogP contribution in [0.15, 0.2) is 49.1 Å². The second-order valence-corrected chi connectivity index (χ2v) is 4.02. The van der Waals surface area contributed by atoms with Gasteiger partial charge >= 0.3 is 16.5 Å². The molecule has 0 fully saturated rings. The van der Waals surface area contributed by atoms with E-state index in [0.29, 0.717) is 0 Å². The molecule has 2 rings (SSSR count). The van der Waals surface area contributed by atoms with Gasteiger partial charge in [-0.1, -0.05) is 24.4 Å². The molecular formula is C14H22N4NiO5S2+2. The van der Waals surface area contributed by atoms with Gasteiger partial charge < -0.3 is 37.7 Å². The first-order chi connectivity index (χ1) is 10.4. The molecule has 0 aliphatic heterocycles. The molecule has 0 radical (unpaired) electrons. The molecule has 26 heavy (non-hydrogen) atoms. The zero-order valence-corrected chi connectivity index (χ0v) is 16.6. The van der Waals surface area contributed by atoms with Gasteiger partial charge in [0.2, 0.25) is 0 Å². The predicted molar refractivity (Wildman–Crippen MR) is 106 cm³/mol. The number of rotatable bonds is 0. The van der Waals surface area contributed by atoms with Gasteiger partial charge in [-0.3, -0.25) is 0 Å². The van der Waals surface area contributed by atoms with Crippen LogP contribution in [0.4, 0.5) is 0 Å². The van der Waals surface area contributed by atoms with Crippen LogP contribution in [0.1, 0.15) is 11.1 Å². The van der Waals surface area contributed by atoms with Gasteiger partial charge in [0.25, 0.3) is 0 Å². The van der Waals surface area contributed by atoms with Gasteiger partial charge in [0.05, 0.1) is 0 Å². The molecule has 0 saturated heterocycles. The number of isothiocyanates is 2. The Morgan fingerprint density at radius 1 is 0.769 bits per heavy atom. The summed E-state index contributed by atoms with van der Waals surface area (Å²) in [7, 11) is 0. The first-order valence-electron chi connectivity index (χ1n) is 5.74. The normalized spacial score (nSPS) is 6.23. The van der Waals surface area contributed by atoms with Crippen LogP contribution in [0, 0.1) is 24.3 Å². The summed E-state index contributed by atoms with van der Waals surface area (Å²) in [4.78, 5) is 0. The van der Waals surface area contributed by atoms with Gasteiger partial charge in [-0.15, -0.1) is 0 Å². The maximum atomic E-state index is 10.3. The molecule has 0 bridgehead atoms. The largest absolute Gasteiger partial charge is 2.00 e. The van der Waals surface area contributed by atoms with Crippen LogP contribution >= 0.6 is 24.4 Å². The van der Waals surface area contributed by atoms with E-state index in [1.807, 2.05) is 13.8 Å². The van der Waals surface area contributed by atoms with E-state index >= 15 is 0 Å². The van der Waals surface area contributed by atoms with Crippen LogP contribution in [0.5, 0.6) is 0 Å². The van der Waals surface area contributed by atoms with Crippen molar-refractivity contribution in [2.24, 2.45) is 0 Å². The maximum Gasteiger partial charge on any atom is 2.00 e. The molecule has 12 heteroatoms. The van der Waals surface area contributed by atoms with Crippen molar-refractivity contribution in [2.75, 3.05) is 0 Å². The summed E-state index contributed by atoms with van der Waals surface area (Å²) < 4.78 is 1.54. The molecule has 148 valence electrons. The Bertz CT molecular complexity index is 506. The number of hydrogen-bond acceptors (Lipinski definition) is 4. The third-order valence-corrected chi connectivity index (χ3v) is 1.94. The molecule has 0 spiro atoms. The number of aryl methyl sites for hydroxylation is 2. The molecule has 8 N–H and O–H groups in total. The number of nitrogens with zero attached hydrogens (tertiary/aromatic N) is 4. The van der Waals surface area contributed by atoms with Crippen LogP contribution in [-0.2, 0) is 27.4 Å². The summed E-state index contributed by atoms with van der Waals surface area (Å²) in [5.74, 6) is 0. The van der Waals surface area contributed by atoms with Crippen molar-refractivity contribution in [3.05, 3.63) is 81.4 Å². The van der Waals surface area contributed by atoms with Crippen LogP contribution in [0.3, 0.4) is 0 Å². The van der Waals surface area contributed by atoms with Crippen molar-refractivity contribution in [1.82, 2.24) is 0 Å². The second-order valence-electron chi connectivity index (χ2n) is 3.65. The van der Waals surface area contributed by atoms with E-state index in [4.69, 9.17) is 10.8 Å². The molecule has 0 amide bonds. The van der Waals surface area contributed by atoms with E-state index in [1.165, 1.54) is 35.1 Å². The topological polar surface area (TPSA) is 196 Å². The summed E-state index contributed by atoms with van der Waals surface area (Å²) >= 11 is 7.40. The molecule has 0 saturated carbocycles. The molecule has 0 unspecified atom stereocenters. The SMILES string of the molecule is Cc1cc[n+]([O-])cc1.Cc1cc[n+]([O-])cc1.O.[N-]=C=S.[N-]=C=S.[Ni+2].[OH3+].[OH3+]. The molecule has 0 aromatic carbocycles. The molecule has 2 heterocycles. The Labute approximate surface area is 172 Å². The number of aromatic nitrogens is 2. The molecule has 2 aromatic rings. The fourth-order valence-corrected chi connectivity index (χ4v) is 0.975. The Morgan fingerprint density at radius 3 is 1.04 bits per heavy atom. The van der Waals surface area contributed by atoms with Gasteiger partial charge in [0.15, 0.2) is 24.8 Å². The van der Waals surface area contributed by atoms with Crippen molar-refractivity contribution in [3.63, 3.8) is 0 Å². The first kappa shape index (κ1) is 39.1. The Hall–Kier alpha value is -2.13. The summed E-state index contributed by atoms with van der Waals surface area (Å²) in [5.41, 5.74) is 2.22. The smallest absolute Gasteiger partial charge is 0.753 e. The first-order valence-corrected chi connectivity index (χ1v) is 6.56. The molecular weight excluding hydrogens is 427 g/mol.